The van der Waals surface area contributed by atoms with Crippen molar-refractivity contribution >= 4 is 33.3 Å². The molecule has 2 aromatic heterocycles. The van der Waals surface area contributed by atoms with E-state index in [9.17, 15) is 9.59 Å². The number of aryl methyl sites for hydroxylation is 2. The highest BCUT2D eigenvalue weighted by Crippen LogP contribution is 2.44. The number of carbonyl (C=O) groups excluding carboxylic acids is 1. The molecular formula is C24H20N2O5S. The first kappa shape index (κ1) is 20.3. The molecule has 162 valence electrons. The highest BCUT2D eigenvalue weighted by molar-refractivity contribution is 7.15. The van der Waals surface area contributed by atoms with Gasteiger partial charge in [0.25, 0.3) is 5.91 Å². The lowest BCUT2D eigenvalue weighted by atomic mass is 9.98. The topological polar surface area (TPSA) is 81.9 Å². The number of fused-ring (bicyclic) bond motifs is 2. The zero-order valence-electron chi connectivity index (χ0n) is 18.0. The average molecular weight is 449 g/mol. The van der Waals surface area contributed by atoms with Gasteiger partial charge in [0.05, 0.1) is 36.9 Å². The predicted octanol–water partition coefficient (Wildman–Crippen LogP) is 4.63. The van der Waals surface area contributed by atoms with Gasteiger partial charge in [-0.25, -0.2) is 4.98 Å². The molecule has 1 amide bonds. The second kappa shape index (κ2) is 7.49. The number of methoxy groups -OCH3 is 2. The Morgan fingerprint density at radius 2 is 1.78 bits per heavy atom. The Morgan fingerprint density at radius 3 is 2.47 bits per heavy atom. The number of carbonyl (C=O) groups is 1. The third-order valence-electron chi connectivity index (χ3n) is 5.72. The van der Waals surface area contributed by atoms with Gasteiger partial charge in [0.15, 0.2) is 22.1 Å². The van der Waals surface area contributed by atoms with Gasteiger partial charge in [-0.15, -0.1) is 11.3 Å². The van der Waals surface area contributed by atoms with Gasteiger partial charge >= 0.3 is 0 Å². The van der Waals surface area contributed by atoms with Gasteiger partial charge in [-0.3, -0.25) is 14.5 Å². The van der Waals surface area contributed by atoms with E-state index in [0.717, 1.165) is 10.6 Å². The van der Waals surface area contributed by atoms with Crippen LogP contribution in [0.1, 0.15) is 38.3 Å². The van der Waals surface area contributed by atoms with Crippen LogP contribution >= 0.6 is 11.3 Å². The zero-order chi connectivity index (χ0) is 22.6. The summed E-state index contributed by atoms with van der Waals surface area (Å²) < 4.78 is 16.8. The van der Waals surface area contributed by atoms with Crippen molar-refractivity contribution in [3.05, 3.63) is 80.1 Å². The largest absolute Gasteiger partial charge is 0.493 e. The summed E-state index contributed by atoms with van der Waals surface area (Å²) >= 11 is 1.41. The number of anilines is 1. The number of benzene rings is 2. The van der Waals surface area contributed by atoms with E-state index in [2.05, 4.69) is 4.98 Å². The molecule has 8 heteroatoms. The number of thiazole rings is 1. The van der Waals surface area contributed by atoms with Crippen molar-refractivity contribution in [2.45, 2.75) is 19.9 Å². The van der Waals surface area contributed by atoms with Crippen LogP contribution in [0, 0.1) is 13.8 Å². The molecule has 0 bridgehead atoms. The second-order valence-electron chi connectivity index (χ2n) is 7.50. The summed E-state index contributed by atoms with van der Waals surface area (Å²) in [7, 11) is 3.10. The molecule has 32 heavy (non-hydrogen) atoms. The zero-order valence-corrected chi connectivity index (χ0v) is 18.8. The molecule has 7 nitrogen and oxygen atoms in total. The van der Waals surface area contributed by atoms with Gasteiger partial charge in [-0.2, -0.15) is 0 Å². The fourth-order valence-electron chi connectivity index (χ4n) is 4.01. The van der Waals surface area contributed by atoms with Crippen molar-refractivity contribution in [1.82, 2.24) is 4.98 Å². The Hall–Kier alpha value is -3.65. The molecule has 0 N–H and O–H groups in total. The molecule has 0 fully saturated rings. The van der Waals surface area contributed by atoms with Crippen molar-refractivity contribution in [3.63, 3.8) is 0 Å². The Kier molecular flexibility index (Phi) is 4.74. The highest BCUT2D eigenvalue weighted by atomic mass is 32.1. The van der Waals surface area contributed by atoms with E-state index in [-0.39, 0.29) is 11.2 Å². The van der Waals surface area contributed by atoms with E-state index in [0.29, 0.717) is 38.7 Å². The Morgan fingerprint density at radius 1 is 1.03 bits per heavy atom. The molecule has 1 aliphatic heterocycles. The van der Waals surface area contributed by atoms with Crippen LogP contribution in [-0.2, 0) is 0 Å². The second-order valence-corrected chi connectivity index (χ2v) is 8.68. The summed E-state index contributed by atoms with van der Waals surface area (Å²) in [6.45, 7) is 3.85. The minimum Gasteiger partial charge on any atom is -0.493 e. The maximum atomic E-state index is 13.6. The minimum atomic E-state index is -0.705. The van der Waals surface area contributed by atoms with Crippen molar-refractivity contribution in [2.75, 3.05) is 19.1 Å². The fraction of sp³-hybridized carbons (Fsp3) is 0.208. The van der Waals surface area contributed by atoms with E-state index >= 15 is 0 Å². The third kappa shape index (κ3) is 2.90. The maximum Gasteiger partial charge on any atom is 0.297 e. The van der Waals surface area contributed by atoms with Gasteiger partial charge in [-0.1, -0.05) is 18.2 Å². The molecule has 2 aromatic carbocycles. The van der Waals surface area contributed by atoms with E-state index < -0.39 is 11.9 Å². The number of hydrogen-bond acceptors (Lipinski definition) is 7. The van der Waals surface area contributed by atoms with Crippen LogP contribution in [-0.4, -0.2) is 25.1 Å². The Balaban J connectivity index is 1.81. The van der Waals surface area contributed by atoms with Crippen molar-refractivity contribution < 1.29 is 18.7 Å². The number of amides is 1. The first-order chi connectivity index (χ1) is 15.4. The quantitative estimate of drug-likeness (QED) is 0.453. The number of para-hydroxylation sites is 1. The first-order valence-corrected chi connectivity index (χ1v) is 10.8. The van der Waals surface area contributed by atoms with E-state index in [4.69, 9.17) is 13.9 Å². The van der Waals surface area contributed by atoms with Gasteiger partial charge in [0.2, 0.25) is 5.76 Å². The van der Waals surface area contributed by atoms with Crippen molar-refractivity contribution in [2.24, 2.45) is 0 Å². The average Bonchev–Trinajstić information content (AvgIpc) is 3.29. The number of ether oxygens (including phenoxy) is 2. The van der Waals surface area contributed by atoms with Crippen LogP contribution in [0.15, 0.2) is 51.7 Å². The van der Waals surface area contributed by atoms with Crippen LogP contribution in [0.4, 0.5) is 5.13 Å². The summed E-state index contributed by atoms with van der Waals surface area (Å²) in [4.78, 5) is 34.3. The Labute approximate surface area is 187 Å². The number of nitrogens with zero attached hydrogens (tertiary/aromatic N) is 2. The van der Waals surface area contributed by atoms with Crippen LogP contribution in [0.5, 0.6) is 11.5 Å². The van der Waals surface area contributed by atoms with Gasteiger partial charge in [0, 0.05) is 4.88 Å². The molecular weight excluding hydrogens is 428 g/mol. The lowest BCUT2D eigenvalue weighted by molar-refractivity contribution is 0.0971. The fourth-order valence-corrected chi connectivity index (χ4v) is 4.95. The summed E-state index contributed by atoms with van der Waals surface area (Å²) in [5.41, 5.74) is 1.98. The van der Waals surface area contributed by atoms with Crippen molar-refractivity contribution in [3.8, 4) is 11.5 Å². The SMILES string of the molecule is COc1ccc([C@H]2c3c(oc4ccccc4c3=O)C(=O)N2c2nc(C)c(C)s2)cc1OC. The summed E-state index contributed by atoms with van der Waals surface area (Å²) in [5.74, 6) is 0.705. The first-order valence-electron chi connectivity index (χ1n) is 9.99. The van der Waals surface area contributed by atoms with Crippen LogP contribution in [0.25, 0.3) is 11.0 Å². The molecule has 5 rings (SSSR count). The number of rotatable bonds is 4. The molecule has 0 unspecified atom stereocenters. The van der Waals surface area contributed by atoms with Crippen molar-refractivity contribution in [1.29, 1.82) is 0 Å². The van der Waals surface area contributed by atoms with Gasteiger partial charge in [0.1, 0.15) is 5.58 Å². The predicted molar refractivity (Wildman–Crippen MR) is 122 cm³/mol. The van der Waals surface area contributed by atoms with Crippen LogP contribution in [0.3, 0.4) is 0 Å². The number of aromatic nitrogens is 1. The smallest absolute Gasteiger partial charge is 0.297 e. The summed E-state index contributed by atoms with van der Waals surface area (Å²) in [6.07, 6.45) is 0. The molecule has 0 radical (unpaired) electrons. The van der Waals surface area contributed by atoms with Crippen LogP contribution in [0.2, 0.25) is 0 Å². The minimum absolute atomic E-state index is 0.0407. The molecule has 0 spiro atoms. The summed E-state index contributed by atoms with van der Waals surface area (Å²) in [6, 6.07) is 11.6. The molecule has 4 aromatic rings. The lowest BCUT2D eigenvalue weighted by Gasteiger charge is -2.23. The monoisotopic (exact) mass is 448 g/mol. The third-order valence-corrected chi connectivity index (χ3v) is 6.80. The molecule has 0 saturated heterocycles. The van der Waals surface area contributed by atoms with Crippen LogP contribution < -0.4 is 19.8 Å². The normalized spacial score (nSPS) is 15.3. The van der Waals surface area contributed by atoms with E-state index in [1.165, 1.54) is 11.3 Å². The molecule has 1 aliphatic rings. The Bertz CT molecular complexity index is 1420. The van der Waals surface area contributed by atoms with Gasteiger partial charge < -0.3 is 13.9 Å². The molecule has 0 saturated carbocycles. The standard InChI is InChI=1S/C24H20N2O5S/c1-12-13(2)32-24(25-12)26-20(14-9-10-17(29-3)18(11-14)30-4)19-21(27)15-7-5-6-8-16(15)31-22(19)23(26)28/h5-11,20H,1-4H3/t20-/m0/s1. The summed E-state index contributed by atoms with van der Waals surface area (Å²) in [5, 5.41) is 0.942. The molecule has 1 atom stereocenters. The van der Waals surface area contributed by atoms with Gasteiger partial charge in [-0.05, 0) is 43.7 Å². The highest BCUT2D eigenvalue weighted by Gasteiger charge is 2.45. The van der Waals surface area contributed by atoms with E-state index in [1.54, 1.807) is 55.5 Å². The maximum absolute atomic E-state index is 13.6. The molecule has 3 heterocycles. The number of hydrogen-bond donors (Lipinski definition) is 0. The lowest BCUT2D eigenvalue weighted by Crippen LogP contribution is -2.29. The molecule has 0 aliphatic carbocycles. The van der Waals surface area contributed by atoms with E-state index in [1.807, 2.05) is 19.9 Å².